The summed E-state index contributed by atoms with van der Waals surface area (Å²) in [4.78, 5) is 33.2. The monoisotopic (exact) mass is 213 g/mol. The standard InChI is InChI=1S/C9H11NO5/c1-14-7(11)4-5-3-6(9(13)15-2)10-8(5)12/h4,6H,3H2,1-2H3,(H,10,12)/b5-4-/t6-/m0/s1. The summed E-state index contributed by atoms with van der Waals surface area (Å²) in [6.45, 7) is 0. The normalized spacial score (nSPS) is 22.4. The molecule has 6 nitrogen and oxygen atoms in total. The summed E-state index contributed by atoms with van der Waals surface area (Å²) in [6.07, 6.45) is 1.21. The zero-order valence-corrected chi connectivity index (χ0v) is 8.40. The van der Waals surface area contributed by atoms with Crippen LogP contribution in [0.4, 0.5) is 0 Å². The van der Waals surface area contributed by atoms with Gasteiger partial charge >= 0.3 is 11.9 Å². The summed E-state index contributed by atoms with van der Waals surface area (Å²) in [5.41, 5.74) is 0.220. The lowest BCUT2D eigenvalue weighted by Gasteiger charge is -2.04. The predicted molar refractivity (Wildman–Crippen MR) is 48.7 cm³/mol. The molecule has 0 unspecified atom stereocenters. The molecule has 0 spiro atoms. The molecule has 1 N–H and O–H groups in total. The molecule has 0 saturated carbocycles. The maximum atomic E-state index is 11.3. The minimum absolute atomic E-state index is 0.139. The number of rotatable bonds is 2. The fourth-order valence-electron chi connectivity index (χ4n) is 1.22. The van der Waals surface area contributed by atoms with E-state index < -0.39 is 23.9 Å². The van der Waals surface area contributed by atoms with E-state index in [1.54, 1.807) is 0 Å². The maximum Gasteiger partial charge on any atom is 0.330 e. The molecule has 1 heterocycles. The molecule has 1 rings (SSSR count). The third-order valence-electron chi connectivity index (χ3n) is 2.00. The number of amides is 1. The van der Waals surface area contributed by atoms with Gasteiger partial charge < -0.3 is 14.8 Å². The SMILES string of the molecule is COC(=O)/C=C1/C[C@@H](C(=O)OC)NC1=O. The summed E-state index contributed by atoms with van der Waals surface area (Å²) in [7, 11) is 2.44. The lowest BCUT2D eigenvalue weighted by Crippen LogP contribution is -2.33. The van der Waals surface area contributed by atoms with E-state index in [0.29, 0.717) is 0 Å². The van der Waals surface area contributed by atoms with Gasteiger partial charge in [0.1, 0.15) is 6.04 Å². The Morgan fingerprint density at radius 1 is 1.40 bits per heavy atom. The van der Waals surface area contributed by atoms with Crippen LogP contribution in [0, 0.1) is 0 Å². The number of carbonyl (C=O) groups excluding carboxylic acids is 3. The second-order valence-electron chi connectivity index (χ2n) is 2.95. The predicted octanol–water partition coefficient (Wildman–Crippen LogP) is -0.853. The molecule has 82 valence electrons. The van der Waals surface area contributed by atoms with Crippen LogP contribution in [0.25, 0.3) is 0 Å². The maximum absolute atomic E-state index is 11.3. The summed E-state index contributed by atoms with van der Waals surface area (Å²) < 4.78 is 8.84. The van der Waals surface area contributed by atoms with Crippen molar-refractivity contribution in [2.45, 2.75) is 12.5 Å². The Morgan fingerprint density at radius 2 is 2.07 bits per heavy atom. The summed E-state index contributed by atoms with van der Waals surface area (Å²) in [5.74, 6) is -1.60. The van der Waals surface area contributed by atoms with Crippen LogP contribution in [0.5, 0.6) is 0 Å². The first kappa shape index (κ1) is 11.2. The van der Waals surface area contributed by atoms with Gasteiger partial charge in [0.15, 0.2) is 0 Å². The van der Waals surface area contributed by atoms with E-state index in [0.717, 1.165) is 6.08 Å². The second-order valence-corrected chi connectivity index (χ2v) is 2.95. The van der Waals surface area contributed by atoms with E-state index in [9.17, 15) is 14.4 Å². The van der Waals surface area contributed by atoms with Gasteiger partial charge in [-0.3, -0.25) is 4.79 Å². The average Bonchev–Trinajstić information content (AvgIpc) is 2.59. The van der Waals surface area contributed by atoms with Gasteiger partial charge in [0, 0.05) is 18.1 Å². The van der Waals surface area contributed by atoms with Crippen molar-refractivity contribution in [2.24, 2.45) is 0 Å². The smallest absolute Gasteiger partial charge is 0.330 e. The van der Waals surface area contributed by atoms with Crippen molar-refractivity contribution < 1.29 is 23.9 Å². The van der Waals surface area contributed by atoms with E-state index in [1.165, 1.54) is 14.2 Å². The highest BCUT2D eigenvalue weighted by molar-refractivity contribution is 6.04. The van der Waals surface area contributed by atoms with Crippen LogP contribution >= 0.6 is 0 Å². The van der Waals surface area contributed by atoms with Gasteiger partial charge in [-0.05, 0) is 0 Å². The van der Waals surface area contributed by atoms with E-state index >= 15 is 0 Å². The molecule has 15 heavy (non-hydrogen) atoms. The number of hydrogen-bond donors (Lipinski definition) is 1. The third-order valence-corrected chi connectivity index (χ3v) is 2.00. The number of esters is 2. The largest absolute Gasteiger partial charge is 0.467 e. The van der Waals surface area contributed by atoms with Gasteiger partial charge in [-0.1, -0.05) is 0 Å². The molecule has 1 aliphatic rings. The van der Waals surface area contributed by atoms with Gasteiger partial charge in [0.2, 0.25) is 5.91 Å². The zero-order chi connectivity index (χ0) is 11.4. The van der Waals surface area contributed by atoms with Gasteiger partial charge in [-0.2, -0.15) is 0 Å². The summed E-state index contributed by atoms with van der Waals surface area (Å²) in [5, 5.41) is 2.39. The Kier molecular flexibility index (Phi) is 3.43. The van der Waals surface area contributed by atoms with Gasteiger partial charge in [0.25, 0.3) is 0 Å². The molecule has 0 aromatic rings. The number of methoxy groups -OCH3 is 2. The Balaban J connectivity index is 2.72. The molecule has 1 amide bonds. The van der Waals surface area contributed by atoms with E-state index in [-0.39, 0.29) is 12.0 Å². The van der Waals surface area contributed by atoms with Crippen LogP contribution in [0.15, 0.2) is 11.6 Å². The van der Waals surface area contributed by atoms with Crippen molar-refractivity contribution in [1.29, 1.82) is 0 Å². The molecule has 0 aromatic heterocycles. The minimum atomic E-state index is -0.710. The Labute approximate surface area is 86.2 Å². The second kappa shape index (κ2) is 4.59. The van der Waals surface area contributed by atoms with Gasteiger partial charge in [0.05, 0.1) is 14.2 Å². The molecule has 0 aromatic carbocycles. The first-order chi connectivity index (χ1) is 7.08. The number of hydrogen-bond acceptors (Lipinski definition) is 5. The highest BCUT2D eigenvalue weighted by atomic mass is 16.5. The Morgan fingerprint density at radius 3 is 2.60 bits per heavy atom. The average molecular weight is 213 g/mol. The molecule has 0 bridgehead atoms. The van der Waals surface area contributed by atoms with E-state index in [4.69, 9.17) is 0 Å². The highest BCUT2D eigenvalue weighted by Gasteiger charge is 2.32. The molecule has 1 aliphatic heterocycles. The molecular weight excluding hydrogens is 202 g/mol. The Hall–Kier alpha value is -1.85. The quantitative estimate of drug-likeness (QED) is 0.477. The lowest BCUT2D eigenvalue weighted by atomic mass is 10.1. The molecule has 0 radical (unpaired) electrons. The summed E-state index contributed by atoms with van der Waals surface area (Å²) >= 11 is 0. The van der Waals surface area contributed by atoms with Crippen molar-refractivity contribution in [3.8, 4) is 0 Å². The van der Waals surface area contributed by atoms with Crippen molar-refractivity contribution in [3.63, 3.8) is 0 Å². The van der Waals surface area contributed by atoms with Gasteiger partial charge in [-0.25, -0.2) is 9.59 Å². The fourth-order valence-corrected chi connectivity index (χ4v) is 1.22. The number of nitrogens with one attached hydrogen (secondary N) is 1. The molecular formula is C9H11NO5. The first-order valence-corrected chi connectivity index (χ1v) is 4.25. The fraction of sp³-hybridized carbons (Fsp3) is 0.444. The Bertz CT molecular complexity index is 333. The zero-order valence-electron chi connectivity index (χ0n) is 8.40. The lowest BCUT2D eigenvalue weighted by molar-refractivity contribution is -0.143. The van der Waals surface area contributed by atoms with Crippen LogP contribution in [0.2, 0.25) is 0 Å². The first-order valence-electron chi connectivity index (χ1n) is 4.25. The molecule has 1 atom stereocenters. The van der Waals surface area contributed by atoms with Crippen LogP contribution in [-0.2, 0) is 23.9 Å². The molecule has 6 heteroatoms. The van der Waals surface area contributed by atoms with Crippen molar-refractivity contribution >= 4 is 17.8 Å². The number of ether oxygens (including phenoxy) is 2. The summed E-state index contributed by atoms with van der Waals surface area (Å²) in [6, 6.07) is -0.710. The van der Waals surface area contributed by atoms with Crippen LogP contribution in [0.3, 0.4) is 0 Å². The third kappa shape index (κ3) is 2.55. The van der Waals surface area contributed by atoms with E-state index in [2.05, 4.69) is 14.8 Å². The van der Waals surface area contributed by atoms with Crippen molar-refractivity contribution in [1.82, 2.24) is 5.32 Å². The minimum Gasteiger partial charge on any atom is -0.467 e. The number of carbonyl (C=O) groups is 3. The van der Waals surface area contributed by atoms with Crippen LogP contribution in [0.1, 0.15) is 6.42 Å². The highest BCUT2D eigenvalue weighted by Crippen LogP contribution is 2.15. The van der Waals surface area contributed by atoms with Crippen molar-refractivity contribution in [3.05, 3.63) is 11.6 Å². The van der Waals surface area contributed by atoms with E-state index in [1.807, 2.05) is 0 Å². The van der Waals surface area contributed by atoms with Crippen LogP contribution in [-0.4, -0.2) is 38.1 Å². The van der Waals surface area contributed by atoms with Crippen molar-refractivity contribution in [2.75, 3.05) is 14.2 Å². The van der Waals surface area contributed by atoms with Crippen LogP contribution < -0.4 is 5.32 Å². The molecule has 1 fully saturated rings. The molecule has 1 saturated heterocycles. The topological polar surface area (TPSA) is 81.7 Å². The molecule has 0 aliphatic carbocycles. The van der Waals surface area contributed by atoms with Gasteiger partial charge in [-0.15, -0.1) is 0 Å².